The van der Waals surface area contributed by atoms with Gasteiger partial charge in [0.25, 0.3) is 0 Å². The summed E-state index contributed by atoms with van der Waals surface area (Å²) in [6.45, 7) is 0. The molecule has 1 aromatic carbocycles. The highest BCUT2D eigenvalue weighted by atomic mass is 79.9. The lowest BCUT2D eigenvalue weighted by Crippen LogP contribution is -1.88. The van der Waals surface area contributed by atoms with Crippen LogP contribution in [0.1, 0.15) is 16.8 Å². The van der Waals surface area contributed by atoms with Gasteiger partial charge < -0.3 is 5.11 Å². The van der Waals surface area contributed by atoms with Crippen molar-refractivity contribution in [3.63, 3.8) is 0 Å². The second-order valence-electron chi connectivity index (χ2n) is 2.46. The molecule has 12 heavy (non-hydrogen) atoms. The van der Waals surface area contributed by atoms with E-state index in [-0.39, 0.29) is 4.83 Å². The SMILES string of the molecule is Oc1cccc(C(Br)CC=S)c1. The first kappa shape index (κ1) is 9.68. The van der Waals surface area contributed by atoms with E-state index in [1.807, 2.05) is 12.1 Å². The molecule has 0 saturated heterocycles. The van der Waals surface area contributed by atoms with Crippen LogP contribution in [0.25, 0.3) is 0 Å². The van der Waals surface area contributed by atoms with Gasteiger partial charge in [-0.2, -0.15) is 0 Å². The van der Waals surface area contributed by atoms with E-state index in [0.29, 0.717) is 5.75 Å². The Morgan fingerprint density at radius 2 is 2.33 bits per heavy atom. The van der Waals surface area contributed by atoms with Gasteiger partial charge in [-0.1, -0.05) is 40.3 Å². The van der Waals surface area contributed by atoms with Crippen LogP contribution in [0.4, 0.5) is 0 Å². The maximum Gasteiger partial charge on any atom is 0.115 e. The monoisotopic (exact) mass is 244 g/mol. The van der Waals surface area contributed by atoms with Gasteiger partial charge in [0.05, 0.1) is 0 Å². The van der Waals surface area contributed by atoms with Crippen molar-refractivity contribution in [2.24, 2.45) is 0 Å². The molecule has 3 heteroatoms. The van der Waals surface area contributed by atoms with Crippen LogP contribution < -0.4 is 0 Å². The van der Waals surface area contributed by atoms with Crippen molar-refractivity contribution in [1.82, 2.24) is 0 Å². The number of phenols is 1. The first-order valence-electron chi connectivity index (χ1n) is 3.60. The highest BCUT2D eigenvalue weighted by Gasteiger charge is 2.05. The third-order valence-electron chi connectivity index (χ3n) is 1.54. The summed E-state index contributed by atoms with van der Waals surface area (Å²) in [4.78, 5) is 0.210. The standard InChI is InChI=1S/C9H9BrOS/c10-9(4-5-12)7-2-1-3-8(11)6-7/h1-3,5-6,9,11H,4H2. The summed E-state index contributed by atoms with van der Waals surface area (Å²) in [7, 11) is 0. The van der Waals surface area contributed by atoms with E-state index in [9.17, 15) is 5.11 Å². The van der Waals surface area contributed by atoms with Gasteiger partial charge in [0.15, 0.2) is 0 Å². The van der Waals surface area contributed by atoms with Crippen LogP contribution in [-0.4, -0.2) is 10.5 Å². The molecule has 0 aliphatic rings. The van der Waals surface area contributed by atoms with Crippen molar-refractivity contribution >= 4 is 33.5 Å². The molecule has 0 radical (unpaired) electrons. The summed E-state index contributed by atoms with van der Waals surface area (Å²) >= 11 is 8.21. The van der Waals surface area contributed by atoms with Crippen LogP contribution in [-0.2, 0) is 0 Å². The minimum absolute atomic E-state index is 0.210. The highest BCUT2D eigenvalue weighted by Crippen LogP contribution is 2.27. The van der Waals surface area contributed by atoms with E-state index >= 15 is 0 Å². The van der Waals surface area contributed by atoms with E-state index in [1.54, 1.807) is 17.5 Å². The Labute approximate surface area is 85.5 Å². The van der Waals surface area contributed by atoms with E-state index in [2.05, 4.69) is 15.9 Å². The second-order valence-corrected chi connectivity index (χ2v) is 3.90. The van der Waals surface area contributed by atoms with Crippen LogP contribution in [0.3, 0.4) is 0 Å². The molecule has 0 aromatic heterocycles. The molecule has 1 atom stereocenters. The molecule has 1 aromatic rings. The second kappa shape index (κ2) is 4.58. The van der Waals surface area contributed by atoms with Crippen molar-refractivity contribution in [2.45, 2.75) is 11.2 Å². The van der Waals surface area contributed by atoms with Gasteiger partial charge >= 0.3 is 0 Å². The molecule has 64 valence electrons. The number of rotatable bonds is 3. The molecule has 0 fully saturated rings. The fourth-order valence-electron chi connectivity index (χ4n) is 0.940. The third kappa shape index (κ3) is 2.57. The molecule has 1 nitrogen and oxygen atoms in total. The van der Waals surface area contributed by atoms with Gasteiger partial charge in [0.2, 0.25) is 0 Å². The number of hydrogen-bond donors (Lipinski definition) is 1. The number of alkyl halides is 1. The molecule has 1 rings (SSSR count). The van der Waals surface area contributed by atoms with Crippen LogP contribution in [0, 0.1) is 0 Å². The molecule has 1 N–H and O–H groups in total. The maximum atomic E-state index is 9.17. The van der Waals surface area contributed by atoms with Crippen LogP contribution >= 0.6 is 28.1 Å². The Morgan fingerprint density at radius 3 is 2.92 bits per heavy atom. The number of benzene rings is 1. The van der Waals surface area contributed by atoms with E-state index < -0.39 is 0 Å². The number of hydrogen-bond acceptors (Lipinski definition) is 2. The quantitative estimate of drug-likeness (QED) is 0.651. The summed E-state index contributed by atoms with van der Waals surface area (Å²) < 4.78 is 0. The van der Waals surface area contributed by atoms with Crippen molar-refractivity contribution in [1.29, 1.82) is 0 Å². The molecular formula is C9H9BrOS. The summed E-state index contributed by atoms with van der Waals surface area (Å²) in [6.07, 6.45) is 0.790. The zero-order chi connectivity index (χ0) is 8.97. The minimum atomic E-state index is 0.210. The third-order valence-corrected chi connectivity index (χ3v) is 2.63. The van der Waals surface area contributed by atoms with Gasteiger partial charge in [0.1, 0.15) is 5.75 Å². The Bertz CT molecular complexity index is 275. The predicted octanol–water partition coefficient (Wildman–Crippen LogP) is 3.22. The molecule has 0 amide bonds. The van der Waals surface area contributed by atoms with Crippen molar-refractivity contribution in [2.75, 3.05) is 0 Å². The average Bonchev–Trinajstić information content (AvgIpc) is 2.05. The van der Waals surface area contributed by atoms with Crippen LogP contribution in [0.15, 0.2) is 24.3 Å². The van der Waals surface area contributed by atoms with Crippen LogP contribution in [0.5, 0.6) is 5.75 Å². The van der Waals surface area contributed by atoms with Crippen molar-refractivity contribution < 1.29 is 5.11 Å². The molecule has 0 aliphatic carbocycles. The summed E-state index contributed by atoms with van der Waals surface area (Å²) in [5.41, 5.74) is 1.05. The normalized spacial score (nSPS) is 12.4. The predicted molar refractivity (Wildman–Crippen MR) is 58.0 cm³/mol. The fraction of sp³-hybridized carbons (Fsp3) is 0.222. The zero-order valence-corrected chi connectivity index (χ0v) is 8.81. The molecule has 0 bridgehead atoms. The Hall–Kier alpha value is -0.410. The highest BCUT2D eigenvalue weighted by molar-refractivity contribution is 9.09. The van der Waals surface area contributed by atoms with Gasteiger partial charge in [-0.05, 0) is 29.5 Å². The number of halogens is 1. The summed E-state index contributed by atoms with van der Waals surface area (Å²) in [5.74, 6) is 0.293. The van der Waals surface area contributed by atoms with Crippen molar-refractivity contribution in [3.8, 4) is 5.75 Å². The molecule has 0 saturated carbocycles. The smallest absolute Gasteiger partial charge is 0.115 e. The Morgan fingerprint density at radius 1 is 1.58 bits per heavy atom. The zero-order valence-electron chi connectivity index (χ0n) is 6.40. The first-order valence-corrected chi connectivity index (χ1v) is 4.99. The van der Waals surface area contributed by atoms with Crippen molar-refractivity contribution in [3.05, 3.63) is 29.8 Å². The maximum absolute atomic E-state index is 9.17. The minimum Gasteiger partial charge on any atom is -0.508 e. The molecule has 0 aliphatic heterocycles. The lowest BCUT2D eigenvalue weighted by atomic mass is 10.1. The Balaban J connectivity index is 2.80. The molecule has 0 spiro atoms. The Kier molecular flexibility index (Phi) is 3.69. The average molecular weight is 245 g/mol. The van der Waals surface area contributed by atoms with Gasteiger partial charge in [0, 0.05) is 4.83 Å². The first-order chi connectivity index (χ1) is 5.74. The molecule has 0 heterocycles. The van der Waals surface area contributed by atoms with E-state index in [1.165, 1.54) is 0 Å². The van der Waals surface area contributed by atoms with Gasteiger partial charge in [-0.15, -0.1) is 0 Å². The number of aromatic hydroxyl groups is 1. The van der Waals surface area contributed by atoms with E-state index in [0.717, 1.165) is 12.0 Å². The largest absolute Gasteiger partial charge is 0.508 e. The van der Waals surface area contributed by atoms with Gasteiger partial charge in [-0.25, -0.2) is 0 Å². The topological polar surface area (TPSA) is 20.2 Å². The summed E-state index contributed by atoms with van der Waals surface area (Å²) in [6, 6.07) is 7.17. The lowest BCUT2D eigenvalue weighted by molar-refractivity contribution is 0.474. The fourth-order valence-corrected chi connectivity index (χ4v) is 1.85. The number of thiocarbonyl (C=S) groups is 1. The lowest BCUT2D eigenvalue weighted by Gasteiger charge is -2.06. The van der Waals surface area contributed by atoms with E-state index in [4.69, 9.17) is 12.2 Å². The molecule has 1 unspecified atom stereocenters. The summed E-state index contributed by atoms with van der Waals surface area (Å²) in [5, 5.41) is 10.9. The van der Waals surface area contributed by atoms with Gasteiger partial charge in [-0.3, -0.25) is 0 Å². The number of phenolic OH excluding ortho intramolecular Hbond substituents is 1. The van der Waals surface area contributed by atoms with Crippen LogP contribution in [0.2, 0.25) is 0 Å². The molecular weight excluding hydrogens is 236 g/mol.